The van der Waals surface area contributed by atoms with Gasteiger partial charge in [0.1, 0.15) is 6.35 Å². The number of hydrogen-bond donors (Lipinski definition) is 2. The van der Waals surface area contributed by atoms with Crippen LogP contribution in [0.5, 0.6) is 0 Å². The maximum atomic E-state index is 12.5. The molecule has 1 aliphatic heterocycles. The molecule has 1 heterocycles. The van der Waals surface area contributed by atoms with Crippen LogP contribution >= 0.6 is 7.60 Å². The summed E-state index contributed by atoms with van der Waals surface area (Å²) in [6.45, 7) is 8.35. The monoisotopic (exact) mass is 423 g/mol. The summed E-state index contributed by atoms with van der Waals surface area (Å²) in [6, 6.07) is 0.532. The van der Waals surface area contributed by atoms with Crippen molar-refractivity contribution in [3.8, 4) is 0 Å². The van der Waals surface area contributed by atoms with E-state index < -0.39 is 13.4 Å². The number of rotatable bonds is 13. The van der Waals surface area contributed by atoms with Crippen LogP contribution < -0.4 is 5.32 Å². The highest BCUT2D eigenvalue weighted by molar-refractivity contribution is 7.53. The predicted molar refractivity (Wildman–Crippen MR) is 106 cm³/mol. The van der Waals surface area contributed by atoms with E-state index in [9.17, 15) is 9.67 Å². The van der Waals surface area contributed by atoms with Gasteiger partial charge in [-0.3, -0.25) is 4.57 Å². The Labute approximate surface area is 169 Å². The lowest BCUT2D eigenvalue weighted by atomic mass is 10.1. The molecular weight excluding hydrogens is 385 g/mol. The summed E-state index contributed by atoms with van der Waals surface area (Å²) in [5.74, 6) is -1.23. The zero-order chi connectivity index (χ0) is 20.6. The minimum Gasteiger partial charge on any atom is -0.368 e. The van der Waals surface area contributed by atoms with Crippen LogP contribution in [-0.2, 0) is 27.8 Å². The van der Waals surface area contributed by atoms with Crippen LogP contribution in [-0.4, -0.2) is 68.0 Å². The second-order valence-corrected chi connectivity index (χ2v) is 9.97. The lowest BCUT2D eigenvalue weighted by Gasteiger charge is -2.27. The summed E-state index contributed by atoms with van der Waals surface area (Å²) < 4.78 is 40.5. The molecule has 0 aromatic carbocycles. The van der Waals surface area contributed by atoms with E-state index in [0.29, 0.717) is 32.2 Å². The molecule has 0 aromatic rings. The van der Waals surface area contributed by atoms with Gasteiger partial charge in [-0.25, -0.2) is 0 Å². The molecule has 1 aliphatic carbocycles. The third-order valence-corrected chi connectivity index (χ3v) is 6.69. The normalized spacial score (nSPS) is 27.0. The average Bonchev–Trinajstić information content (AvgIpc) is 3.22. The Bertz CT molecular complexity index is 483. The molecule has 3 atom stereocenters. The summed E-state index contributed by atoms with van der Waals surface area (Å²) in [7, 11) is -3.23. The van der Waals surface area contributed by atoms with E-state index in [1.165, 1.54) is 25.7 Å². The van der Waals surface area contributed by atoms with Crippen LogP contribution in [0.1, 0.15) is 59.8 Å². The van der Waals surface area contributed by atoms with Crippen molar-refractivity contribution in [2.24, 2.45) is 0 Å². The van der Waals surface area contributed by atoms with Crippen molar-refractivity contribution >= 4 is 7.60 Å². The molecule has 28 heavy (non-hydrogen) atoms. The fourth-order valence-corrected chi connectivity index (χ4v) is 5.14. The summed E-state index contributed by atoms with van der Waals surface area (Å²) >= 11 is 0. The molecule has 0 radical (unpaired) electrons. The molecule has 1 saturated heterocycles. The van der Waals surface area contributed by atoms with E-state index in [1.54, 1.807) is 27.7 Å². The van der Waals surface area contributed by atoms with Crippen molar-refractivity contribution in [2.45, 2.75) is 89.9 Å². The molecule has 2 fully saturated rings. The van der Waals surface area contributed by atoms with Crippen LogP contribution in [0.4, 0.5) is 0 Å². The van der Waals surface area contributed by atoms with E-state index in [4.69, 9.17) is 23.3 Å². The molecule has 2 N–H and O–H groups in total. The number of hydrogen-bond acceptors (Lipinski definition) is 8. The first-order valence-corrected chi connectivity index (χ1v) is 12.2. The van der Waals surface area contributed by atoms with Crippen LogP contribution in [0.25, 0.3) is 0 Å². The topological polar surface area (TPSA) is 95.5 Å². The Morgan fingerprint density at radius 3 is 2.39 bits per heavy atom. The Morgan fingerprint density at radius 2 is 1.82 bits per heavy atom. The molecule has 2 aliphatic rings. The minimum absolute atomic E-state index is 0.101. The van der Waals surface area contributed by atoms with Gasteiger partial charge in [0, 0.05) is 19.0 Å². The molecule has 0 spiro atoms. The second-order valence-electron chi connectivity index (χ2n) is 7.97. The fraction of sp³-hybridized carbons (Fsp3) is 1.00. The summed E-state index contributed by atoms with van der Waals surface area (Å²) in [6.07, 6.45) is 4.84. The minimum atomic E-state index is -3.23. The smallest absolute Gasteiger partial charge is 0.356 e. The van der Waals surface area contributed by atoms with Gasteiger partial charge in [0.15, 0.2) is 5.79 Å². The highest BCUT2D eigenvalue weighted by Gasteiger charge is 2.39. The Kier molecular flexibility index (Phi) is 9.84. The van der Waals surface area contributed by atoms with Gasteiger partial charge in [-0.1, -0.05) is 12.8 Å². The van der Waals surface area contributed by atoms with Gasteiger partial charge in [-0.15, -0.1) is 0 Å². The molecule has 1 saturated carbocycles. The molecule has 9 heteroatoms. The molecule has 2 rings (SSSR count). The largest absolute Gasteiger partial charge is 0.368 e. The van der Waals surface area contributed by atoms with Gasteiger partial charge in [-0.2, -0.15) is 0 Å². The van der Waals surface area contributed by atoms with Crippen molar-refractivity contribution in [3.63, 3.8) is 0 Å². The van der Waals surface area contributed by atoms with Gasteiger partial charge < -0.3 is 33.7 Å². The molecule has 8 nitrogen and oxygen atoms in total. The number of nitrogens with one attached hydrogen (secondary N) is 1. The average molecular weight is 423 g/mol. The van der Waals surface area contributed by atoms with E-state index in [2.05, 4.69) is 5.32 Å². The SMILES string of the molecule is CCOP(=O)(COC[C@@H]1C[C@@H](OC(C)(C)O)[C@@H](CNC2CCCC2)O1)OCC. The van der Waals surface area contributed by atoms with Crippen molar-refractivity contribution in [2.75, 3.05) is 32.7 Å². The third-order valence-electron chi connectivity index (χ3n) is 4.88. The van der Waals surface area contributed by atoms with Crippen LogP contribution in [0, 0.1) is 0 Å². The first kappa shape index (κ1) is 24.2. The lowest BCUT2D eigenvalue weighted by Crippen LogP contribution is -2.42. The van der Waals surface area contributed by atoms with E-state index in [1.807, 2.05) is 0 Å². The fourth-order valence-electron chi connectivity index (χ4n) is 3.80. The van der Waals surface area contributed by atoms with Crippen LogP contribution in [0.3, 0.4) is 0 Å². The molecule has 0 aromatic heterocycles. The molecule has 0 bridgehead atoms. The van der Waals surface area contributed by atoms with Gasteiger partial charge >= 0.3 is 7.60 Å². The quantitative estimate of drug-likeness (QED) is 0.345. The lowest BCUT2D eigenvalue weighted by molar-refractivity contribution is -0.213. The van der Waals surface area contributed by atoms with Crippen molar-refractivity contribution in [1.29, 1.82) is 0 Å². The number of aliphatic hydroxyl groups is 1. The van der Waals surface area contributed by atoms with E-state index in [-0.39, 0.29) is 31.3 Å². The highest BCUT2D eigenvalue weighted by Crippen LogP contribution is 2.48. The van der Waals surface area contributed by atoms with Crippen LogP contribution in [0.2, 0.25) is 0 Å². The standard InChI is InChI=1S/C19H38NO7P/c1-5-24-28(22,25-6-2)14-23-13-16-11-17(27-19(3,4)21)18(26-16)12-20-15-9-7-8-10-15/h15-18,20-21H,5-14H2,1-4H3/t16-,17+,18+/m0/s1. The molecule has 0 amide bonds. The Hall–Kier alpha value is -0.0500. The first-order chi connectivity index (χ1) is 13.2. The zero-order valence-corrected chi connectivity index (χ0v) is 18.6. The predicted octanol–water partition coefficient (Wildman–Crippen LogP) is 3.03. The molecular formula is C19H38NO7P. The van der Waals surface area contributed by atoms with Crippen molar-refractivity contribution in [1.82, 2.24) is 5.32 Å². The van der Waals surface area contributed by atoms with Gasteiger partial charge in [-0.05, 0) is 40.5 Å². The Morgan fingerprint density at radius 1 is 1.18 bits per heavy atom. The Balaban J connectivity index is 1.84. The van der Waals surface area contributed by atoms with Gasteiger partial charge in [0.05, 0.1) is 38.1 Å². The van der Waals surface area contributed by atoms with E-state index >= 15 is 0 Å². The third kappa shape index (κ3) is 8.36. The second kappa shape index (κ2) is 11.4. The van der Waals surface area contributed by atoms with Crippen molar-refractivity contribution < 1.29 is 32.9 Å². The van der Waals surface area contributed by atoms with Crippen LogP contribution in [0.15, 0.2) is 0 Å². The molecule has 166 valence electrons. The summed E-state index contributed by atoms with van der Waals surface area (Å²) in [5, 5.41) is 13.6. The summed E-state index contributed by atoms with van der Waals surface area (Å²) in [5.41, 5.74) is 0. The maximum Gasteiger partial charge on any atom is 0.356 e. The highest BCUT2D eigenvalue weighted by atomic mass is 31.2. The van der Waals surface area contributed by atoms with Gasteiger partial charge in [0.2, 0.25) is 0 Å². The zero-order valence-electron chi connectivity index (χ0n) is 17.7. The summed E-state index contributed by atoms with van der Waals surface area (Å²) in [4.78, 5) is 0. The maximum absolute atomic E-state index is 12.5. The number of ether oxygens (including phenoxy) is 3. The first-order valence-electron chi connectivity index (χ1n) is 10.5. The van der Waals surface area contributed by atoms with Crippen molar-refractivity contribution in [3.05, 3.63) is 0 Å². The van der Waals surface area contributed by atoms with Gasteiger partial charge in [0.25, 0.3) is 0 Å². The van der Waals surface area contributed by atoms with E-state index in [0.717, 1.165) is 0 Å². The molecule has 0 unspecified atom stereocenters.